The maximum Gasteiger partial charge on any atom is 0.319 e. The molecule has 5 heteroatoms. The molecule has 0 spiro atoms. The number of anilines is 2. The van der Waals surface area contributed by atoms with E-state index in [1.807, 2.05) is 48.5 Å². The lowest BCUT2D eigenvalue weighted by atomic mass is 10.0. The van der Waals surface area contributed by atoms with E-state index >= 15 is 0 Å². The predicted octanol–water partition coefficient (Wildman–Crippen LogP) is 4.29. The second-order valence-corrected chi connectivity index (χ2v) is 6.64. The number of carbonyl (C=O) groups is 2. The van der Waals surface area contributed by atoms with Crippen LogP contribution in [-0.4, -0.2) is 18.5 Å². The van der Waals surface area contributed by atoms with Gasteiger partial charge in [-0.1, -0.05) is 42.5 Å². The molecule has 3 aromatic rings. The summed E-state index contributed by atoms with van der Waals surface area (Å²) in [5, 5.41) is 8.03. The Morgan fingerprint density at radius 2 is 1.74 bits per heavy atom. The molecule has 1 aliphatic heterocycles. The van der Waals surface area contributed by atoms with Gasteiger partial charge in [-0.05, 0) is 47.0 Å². The Labute approximate surface area is 158 Å². The molecule has 1 saturated heterocycles. The number of fused-ring (bicyclic) bond motifs is 1. The van der Waals surface area contributed by atoms with Gasteiger partial charge in [0.1, 0.15) is 0 Å². The molecule has 0 aliphatic carbocycles. The molecule has 0 saturated carbocycles. The minimum atomic E-state index is -0.257. The maximum atomic E-state index is 12.2. The molecule has 0 aromatic heterocycles. The molecule has 27 heavy (non-hydrogen) atoms. The topological polar surface area (TPSA) is 61.4 Å². The Bertz CT molecular complexity index is 977. The largest absolute Gasteiger partial charge is 0.334 e. The molecule has 2 N–H and O–H groups in total. The monoisotopic (exact) mass is 359 g/mol. The smallest absolute Gasteiger partial charge is 0.319 e. The average Bonchev–Trinajstić information content (AvgIpc) is 3.13. The van der Waals surface area contributed by atoms with E-state index in [1.165, 1.54) is 0 Å². The van der Waals surface area contributed by atoms with Crippen molar-refractivity contribution >= 4 is 34.1 Å². The van der Waals surface area contributed by atoms with Gasteiger partial charge in [0, 0.05) is 30.9 Å². The number of urea groups is 1. The standard InChI is InChI=1S/C22H21N3O2/c26-21-9-4-14-25(21)19-12-10-18(11-13-19)24-22(27)23-15-17-7-3-6-16-5-1-2-8-20(16)17/h1-3,5-8,10-13H,4,9,14-15H2,(H2,23,24,27). The van der Waals surface area contributed by atoms with Crippen molar-refractivity contribution in [2.24, 2.45) is 0 Å². The normalized spacial score (nSPS) is 13.8. The van der Waals surface area contributed by atoms with Crippen molar-refractivity contribution in [1.82, 2.24) is 5.32 Å². The molecule has 0 unspecified atom stereocenters. The molecule has 0 atom stereocenters. The zero-order chi connectivity index (χ0) is 18.6. The lowest BCUT2D eigenvalue weighted by Crippen LogP contribution is -2.28. The Morgan fingerprint density at radius 1 is 0.963 bits per heavy atom. The summed E-state index contributed by atoms with van der Waals surface area (Å²) in [6, 6.07) is 21.3. The Kier molecular flexibility index (Phi) is 4.75. The lowest BCUT2D eigenvalue weighted by Gasteiger charge is -2.16. The second kappa shape index (κ2) is 7.50. The van der Waals surface area contributed by atoms with Crippen molar-refractivity contribution in [2.45, 2.75) is 19.4 Å². The second-order valence-electron chi connectivity index (χ2n) is 6.64. The fraction of sp³-hybridized carbons (Fsp3) is 0.182. The first kappa shape index (κ1) is 17.1. The quantitative estimate of drug-likeness (QED) is 0.730. The molecule has 0 bridgehead atoms. The van der Waals surface area contributed by atoms with Gasteiger partial charge in [0.2, 0.25) is 5.91 Å². The van der Waals surface area contributed by atoms with Gasteiger partial charge in [-0.2, -0.15) is 0 Å². The van der Waals surface area contributed by atoms with Crippen LogP contribution in [-0.2, 0) is 11.3 Å². The van der Waals surface area contributed by atoms with E-state index in [0.717, 1.165) is 35.0 Å². The molecule has 4 rings (SSSR count). The summed E-state index contributed by atoms with van der Waals surface area (Å²) in [4.78, 5) is 25.8. The maximum absolute atomic E-state index is 12.2. The number of amides is 3. The highest BCUT2D eigenvalue weighted by molar-refractivity contribution is 5.96. The summed E-state index contributed by atoms with van der Waals surface area (Å²) >= 11 is 0. The lowest BCUT2D eigenvalue weighted by molar-refractivity contribution is -0.117. The summed E-state index contributed by atoms with van der Waals surface area (Å²) in [6.07, 6.45) is 1.51. The summed E-state index contributed by atoms with van der Waals surface area (Å²) in [6.45, 7) is 1.21. The van der Waals surface area contributed by atoms with Crippen molar-refractivity contribution in [3.63, 3.8) is 0 Å². The number of nitrogens with one attached hydrogen (secondary N) is 2. The van der Waals surface area contributed by atoms with Crippen LogP contribution < -0.4 is 15.5 Å². The zero-order valence-corrected chi connectivity index (χ0v) is 14.9. The molecular weight excluding hydrogens is 338 g/mol. The van der Waals surface area contributed by atoms with Crippen LogP contribution in [0.5, 0.6) is 0 Å². The molecule has 1 aliphatic rings. The number of carbonyl (C=O) groups excluding carboxylic acids is 2. The van der Waals surface area contributed by atoms with Gasteiger partial charge in [-0.25, -0.2) is 4.79 Å². The van der Waals surface area contributed by atoms with E-state index in [-0.39, 0.29) is 11.9 Å². The van der Waals surface area contributed by atoms with Crippen molar-refractivity contribution in [2.75, 3.05) is 16.8 Å². The first-order chi connectivity index (χ1) is 13.2. The van der Waals surface area contributed by atoms with Crippen molar-refractivity contribution in [1.29, 1.82) is 0 Å². The van der Waals surface area contributed by atoms with Gasteiger partial charge in [0.25, 0.3) is 0 Å². The molecular formula is C22H21N3O2. The summed E-state index contributed by atoms with van der Waals surface area (Å²) in [5.74, 6) is 0.156. The highest BCUT2D eigenvalue weighted by atomic mass is 16.2. The van der Waals surface area contributed by atoms with Gasteiger partial charge in [-0.15, -0.1) is 0 Å². The van der Waals surface area contributed by atoms with E-state index in [4.69, 9.17) is 0 Å². The zero-order valence-electron chi connectivity index (χ0n) is 14.9. The molecule has 3 amide bonds. The van der Waals surface area contributed by atoms with Gasteiger partial charge in [-0.3, -0.25) is 4.79 Å². The van der Waals surface area contributed by atoms with Crippen molar-refractivity contribution in [3.8, 4) is 0 Å². The van der Waals surface area contributed by atoms with Crippen LogP contribution in [0.4, 0.5) is 16.2 Å². The first-order valence-corrected chi connectivity index (χ1v) is 9.13. The van der Waals surface area contributed by atoms with Crippen molar-refractivity contribution < 1.29 is 9.59 Å². The van der Waals surface area contributed by atoms with Gasteiger partial charge >= 0.3 is 6.03 Å². The highest BCUT2D eigenvalue weighted by Gasteiger charge is 2.21. The Balaban J connectivity index is 1.37. The SMILES string of the molecule is O=C(NCc1cccc2ccccc12)Nc1ccc(N2CCCC2=O)cc1. The highest BCUT2D eigenvalue weighted by Crippen LogP contribution is 2.23. The molecule has 0 radical (unpaired) electrons. The van der Waals surface area contributed by atoms with Crippen LogP contribution in [0.15, 0.2) is 66.7 Å². The Morgan fingerprint density at radius 3 is 2.52 bits per heavy atom. The molecule has 5 nitrogen and oxygen atoms in total. The van der Waals surface area contributed by atoms with Crippen LogP contribution in [0.1, 0.15) is 18.4 Å². The molecule has 3 aromatic carbocycles. The predicted molar refractivity (Wildman–Crippen MR) is 108 cm³/mol. The molecule has 136 valence electrons. The van der Waals surface area contributed by atoms with Crippen LogP contribution >= 0.6 is 0 Å². The minimum absolute atomic E-state index is 0.156. The van der Waals surface area contributed by atoms with Gasteiger partial charge in [0.15, 0.2) is 0 Å². The number of rotatable bonds is 4. The van der Waals surface area contributed by atoms with Crippen LogP contribution in [0.25, 0.3) is 10.8 Å². The van der Waals surface area contributed by atoms with Crippen LogP contribution in [0.3, 0.4) is 0 Å². The molecule has 1 fully saturated rings. The third-order valence-electron chi connectivity index (χ3n) is 4.83. The van der Waals surface area contributed by atoms with Crippen LogP contribution in [0, 0.1) is 0 Å². The van der Waals surface area contributed by atoms with E-state index < -0.39 is 0 Å². The fourth-order valence-electron chi connectivity index (χ4n) is 3.44. The van der Waals surface area contributed by atoms with Crippen LogP contribution in [0.2, 0.25) is 0 Å². The number of hydrogen-bond donors (Lipinski definition) is 2. The third-order valence-corrected chi connectivity index (χ3v) is 4.83. The molecule has 1 heterocycles. The Hall–Kier alpha value is -3.34. The van der Waals surface area contributed by atoms with Gasteiger partial charge < -0.3 is 15.5 Å². The number of hydrogen-bond acceptors (Lipinski definition) is 2. The summed E-state index contributed by atoms with van der Waals surface area (Å²) in [5.41, 5.74) is 2.64. The summed E-state index contributed by atoms with van der Waals surface area (Å²) < 4.78 is 0. The van der Waals surface area contributed by atoms with E-state index in [9.17, 15) is 9.59 Å². The first-order valence-electron chi connectivity index (χ1n) is 9.13. The minimum Gasteiger partial charge on any atom is -0.334 e. The van der Waals surface area contributed by atoms with E-state index in [0.29, 0.717) is 18.7 Å². The van der Waals surface area contributed by atoms with E-state index in [2.05, 4.69) is 28.8 Å². The van der Waals surface area contributed by atoms with E-state index in [1.54, 1.807) is 4.90 Å². The third kappa shape index (κ3) is 3.77. The summed E-state index contributed by atoms with van der Waals surface area (Å²) in [7, 11) is 0. The average molecular weight is 359 g/mol. The van der Waals surface area contributed by atoms with Gasteiger partial charge in [0.05, 0.1) is 0 Å². The number of nitrogens with zero attached hydrogens (tertiary/aromatic N) is 1. The number of benzene rings is 3. The fourth-order valence-corrected chi connectivity index (χ4v) is 3.44. The van der Waals surface area contributed by atoms with Crippen molar-refractivity contribution in [3.05, 3.63) is 72.3 Å².